The minimum absolute atomic E-state index is 0.0291. The summed E-state index contributed by atoms with van der Waals surface area (Å²) in [6.45, 7) is 11.9. The predicted octanol–water partition coefficient (Wildman–Crippen LogP) is -2.30. The number of aliphatic imine (C=N–C) groups is 1. The summed E-state index contributed by atoms with van der Waals surface area (Å²) in [4.78, 5) is 157. The SMILES string of the molecule is C=CC[C@H](NC(=O)[C@H](CO)NC(=O)[C@H](CC(C)C)NC(=O)[C@H](CCCN=C(N)N)NC(=O)[C@@H](N)CC=C)C(=O)N[C@@H](CCCCN)C(=O)NCC(=O)N1CCC[C@H]1C(=O)N[C@@H](CCCC)C(=O)N1CCC[C@H]1C(=O)N[C@@H](Cc1ccccc1)C(=O)O. The van der Waals surface area contributed by atoms with Crippen molar-refractivity contribution in [1.29, 1.82) is 0 Å². The zero-order valence-corrected chi connectivity index (χ0v) is 49.9. The van der Waals surface area contributed by atoms with E-state index in [1.165, 1.54) is 22.0 Å². The van der Waals surface area contributed by atoms with E-state index in [4.69, 9.17) is 22.9 Å². The number of likely N-dealkylation sites (tertiary alicyclic amines) is 2. The number of amides is 10. The van der Waals surface area contributed by atoms with Crippen LogP contribution in [0.2, 0.25) is 0 Å². The van der Waals surface area contributed by atoms with E-state index in [0.29, 0.717) is 44.1 Å². The van der Waals surface area contributed by atoms with Crippen molar-refractivity contribution in [3.05, 3.63) is 61.2 Å². The van der Waals surface area contributed by atoms with Crippen LogP contribution in [0.1, 0.15) is 123 Å². The van der Waals surface area contributed by atoms with Crippen LogP contribution in [0.4, 0.5) is 0 Å². The lowest BCUT2D eigenvalue weighted by atomic mass is 10.0. The molecule has 1 aromatic rings. The summed E-state index contributed by atoms with van der Waals surface area (Å²) in [6, 6.07) is -3.32. The fourth-order valence-corrected chi connectivity index (χ4v) is 9.96. The number of hydrogen-bond acceptors (Lipinski definition) is 15. The number of aliphatic hydroxyl groups excluding tert-OH is 1. The number of nitrogens with one attached hydrogen (secondary N) is 8. The number of guanidine groups is 1. The van der Waals surface area contributed by atoms with Gasteiger partial charge in [-0.25, -0.2) is 4.79 Å². The number of nitrogens with two attached hydrogens (primary N) is 4. The second-order valence-corrected chi connectivity index (χ2v) is 22.0. The van der Waals surface area contributed by atoms with Gasteiger partial charge in [-0.15, -0.1) is 13.2 Å². The number of carboxylic acids is 1. The van der Waals surface area contributed by atoms with E-state index in [2.05, 4.69) is 60.7 Å². The van der Waals surface area contributed by atoms with Crippen LogP contribution in [-0.2, 0) is 59.2 Å². The topological polar surface area (TPSA) is 447 Å². The van der Waals surface area contributed by atoms with E-state index in [1.807, 2.05) is 6.92 Å². The molecule has 0 aromatic heterocycles. The first-order valence-electron chi connectivity index (χ1n) is 29.6. The molecule has 1 aromatic carbocycles. The predicted molar refractivity (Wildman–Crippen MR) is 320 cm³/mol. The van der Waals surface area contributed by atoms with Gasteiger partial charge < -0.3 is 85.5 Å². The van der Waals surface area contributed by atoms with Gasteiger partial charge in [0.1, 0.15) is 54.4 Å². The monoisotopic (exact) mass is 1210 g/mol. The van der Waals surface area contributed by atoms with E-state index in [1.54, 1.807) is 44.2 Å². The molecule has 10 atom stereocenters. The maximum atomic E-state index is 14.2. The third-order valence-electron chi connectivity index (χ3n) is 14.6. The average molecular weight is 1210 g/mol. The van der Waals surface area contributed by atoms with E-state index in [-0.39, 0.29) is 102 Å². The number of aliphatic carboxylic acids is 1. The molecule has 10 amide bonds. The number of carboxylic acid groups (broad SMARTS) is 1. The fourth-order valence-electron chi connectivity index (χ4n) is 9.96. The van der Waals surface area contributed by atoms with Crippen molar-refractivity contribution in [2.24, 2.45) is 33.8 Å². The Bertz CT molecular complexity index is 2500. The smallest absolute Gasteiger partial charge is 0.326 e. The third-order valence-corrected chi connectivity index (χ3v) is 14.6. The Morgan fingerprint density at radius 3 is 1.77 bits per heavy atom. The summed E-state index contributed by atoms with van der Waals surface area (Å²) >= 11 is 0. The molecule has 0 unspecified atom stereocenters. The van der Waals surface area contributed by atoms with Crippen LogP contribution in [0.5, 0.6) is 0 Å². The summed E-state index contributed by atoms with van der Waals surface area (Å²) in [5.74, 6) is -8.89. The highest BCUT2D eigenvalue weighted by atomic mass is 16.4. The number of carbonyl (C=O) groups is 11. The molecule has 2 saturated heterocycles. The first-order chi connectivity index (χ1) is 41.0. The maximum absolute atomic E-state index is 14.2. The molecular weight excluding hydrogens is 1110 g/mol. The Hall–Kier alpha value is -7.98. The van der Waals surface area contributed by atoms with E-state index >= 15 is 0 Å². The van der Waals surface area contributed by atoms with Crippen molar-refractivity contribution in [2.45, 2.75) is 184 Å². The zero-order valence-electron chi connectivity index (χ0n) is 49.9. The van der Waals surface area contributed by atoms with Gasteiger partial charge in [0.25, 0.3) is 0 Å². The van der Waals surface area contributed by atoms with Crippen LogP contribution in [0, 0.1) is 5.92 Å². The molecule has 28 heteroatoms. The van der Waals surface area contributed by atoms with Crippen molar-refractivity contribution < 1.29 is 63.0 Å². The first-order valence-corrected chi connectivity index (χ1v) is 29.6. The van der Waals surface area contributed by atoms with Gasteiger partial charge in [0.15, 0.2) is 5.96 Å². The van der Waals surface area contributed by atoms with Gasteiger partial charge in [-0.05, 0) is 101 Å². The van der Waals surface area contributed by atoms with Gasteiger partial charge >= 0.3 is 5.97 Å². The highest BCUT2D eigenvalue weighted by Crippen LogP contribution is 2.23. The van der Waals surface area contributed by atoms with Gasteiger partial charge in [0.05, 0.1) is 19.2 Å². The van der Waals surface area contributed by atoms with Gasteiger partial charge in [-0.3, -0.25) is 52.9 Å². The molecule has 28 nitrogen and oxygen atoms in total. The third kappa shape index (κ3) is 24.2. The van der Waals surface area contributed by atoms with Crippen molar-refractivity contribution in [2.75, 3.05) is 39.3 Å². The minimum atomic E-state index is -1.66. The number of benzene rings is 1. The molecule has 0 aliphatic carbocycles. The molecule has 0 radical (unpaired) electrons. The summed E-state index contributed by atoms with van der Waals surface area (Å²) in [6.07, 6.45) is 6.80. The standard InChI is InChI=1S/C58H93N15O13/c1-6-9-22-41(56(84)73-30-17-26-46(73)55(83)70-43(57(85)86)32-36-20-11-10-12-21-36)68-54(82)45-25-16-29-72(45)47(75)33-64-49(77)39(23-13-14-27-59)67-50(78)38(19-8-3)66-53(81)44(34-74)71-52(80)42(31-35(4)5)69-51(79)40(24-15-28-63-58(61)62)65-48(76)37(60)18-7-2/h7-8,10-12,20-21,35,37-46,74H,2-3,6,9,13-19,22-34,59-60H2,1,4-5H3,(H,64,77)(H,65,76)(H,66,81)(H,67,78)(H,68,82)(H,69,79)(H,70,83)(H,71,80)(H,85,86)(H4,61,62,63)/t37-,38-,39-,40-,41-,42-,43-,44-,45-,46-/m0/s1. The van der Waals surface area contributed by atoms with Crippen LogP contribution in [0.3, 0.4) is 0 Å². The summed E-state index contributed by atoms with van der Waals surface area (Å²) in [5.41, 5.74) is 23.2. The Morgan fingerprint density at radius 2 is 1.17 bits per heavy atom. The van der Waals surface area contributed by atoms with Crippen LogP contribution >= 0.6 is 0 Å². The zero-order chi connectivity index (χ0) is 63.9. The lowest BCUT2D eigenvalue weighted by molar-refractivity contribution is -0.145. The molecular formula is C58H93N15O13. The highest BCUT2D eigenvalue weighted by Gasteiger charge is 2.42. The lowest BCUT2D eigenvalue weighted by Crippen LogP contribution is -2.60. The van der Waals surface area contributed by atoms with Crippen LogP contribution in [0.25, 0.3) is 0 Å². The number of hydrogen-bond donors (Lipinski definition) is 14. The van der Waals surface area contributed by atoms with Crippen molar-refractivity contribution in [3.8, 4) is 0 Å². The quantitative estimate of drug-likeness (QED) is 0.0143. The van der Waals surface area contributed by atoms with Crippen LogP contribution in [-0.4, -0.2) is 191 Å². The molecule has 0 bridgehead atoms. The second-order valence-electron chi connectivity index (χ2n) is 22.0. The van der Waals surface area contributed by atoms with Crippen molar-refractivity contribution in [3.63, 3.8) is 0 Å². The molecule has 2 fully saturated rings. The second kappa shape index (κ2) is 38.1. The molecule has 478 valence electrons. The molecule has 0 saturated carbocycles. The molecule has 18 N–H and O–H groups in total. The molecule has 2 heterocycles. The summed E-state index contributed by atoms with van der Waals surface area (Å²) in [5, 5.41) is 41.1. The van der Waals surface area contributed by atoms with Gasteiger partial charge in [0.2, 0.25) is 59.1 Å². The number of rotatable bonds is 39. The normalized spacial score (nSPS) is 17.4. The molecule has 0 spiro atoms. The summed E-state index contributed by atoms with van der Waals surface area (Å²) in [7, 11) is 0. The Morgan fingerprint density at radius 1 is 0.651 bits per heavy atom. The number of aliphatic hydroxyl groups is 1. The minimum Gasteiger partial charge on any atom is -0.480 e. The molecule has 86 heavy (non-hydrogen) atoms. The Balaban J connectivity index is 1.70. The first kappa shape index (κ1) is 72.3. The van der Waals surface area contributed by atoms with Gasteiger partial charge in [0, 0.05) is 26.1 Å². The van der Waals surface area contributed by atoms with Crippen LogP contribution < -0.4 is 65.5 Å². The van der Waals surface area contributed by atoms with E-state index in [9.17, 15) is 63.0 Å². The number of carbonyl (C=O) groups excluding carboxylic acids is 10. The Kier molecular flexibility index (Phi) is 32.1. The fraction of sp³-hybridized carbons (Fsp3) is 0.621. The molecule has 3 rings (SSSR count). The number of unbranched alkanes of at least 4 members (excludes halogenated alkanes) is 2. The van der Waals surface area contributed by atoms with Crippen molar-refractivity contribution >= 4 is 71.0 Å². The maximum Gasteiger partial charge on any atom is 0.326 e. The molecule has 2 aliphatic rings. The number of nitrogens with zero attached hydrogens (tertiary/aromatic N) is 3. The highest BCUT2D eigenvalue weighted by molar-refractivity contribution is 5.99. The van der Waals surface area contributed by atoms with E-state index < -0.39 is 139 Å². The average Bonchev–Trinajstić information content (AvgIpc) is 4.10. The van der Waals surface area contributed by atoms with Gasteiger partial charge in [-0.2, -0.15) is 0 Å². The van der Waals surface area contributed by atoms with E-state index in [0.717, 1.165) is 0 Å². The molecule has 2 aliphatic heterocycles. The Labute approximate surface area is 503 Å². The summed E-state index contributed by atoms with van der Waals surface area (Å²) < 4.78 is 0. The largest absolute Gasteiger partial charge is 0.480 e. The van der Waals surface area contributed by atoms with Crippen molar-refractivity contribution in [1.82, 2.24) is 52.3 Å². The lowest BCUT2D eigenvalue weighted by Gasteiger charge is -2.31. The van der Waals surface area contributed by atoms with Gasteiger partial charge in [-0.1, -0.05) is 76.1 Å². The van der Waals surface area contributed by atoms with Crippen LogP contribution in [0.15, 0.2) is 60.6 Å².